The Morgan fingerprint density at radius 2 is 2.36 bits per heavy atom. The number of anilines is 1. The van der Waals surface area contributed by atoms with E-state index in [-0.39, 0.29) is 5.82 Å². The number of aromatic carboxylic acids is 1. The van der Waals surface area contributed by atoms with Gasteiger partial charge < -0.3 is 15.5 Å². The summed E-state index contributed by atoms with van der Waals surface area (Å²) in [5, 5.41) is 8.68. The van der Waals surface area contributed by atoms with Gasteiger partial charge in [-0.3, -0.25) is 5.84 Å². The van der Waals surface area contributed by atoms with Gasteiger partial charge in [-0.15, -0.1) is 0 Å². The Morgan fingerprint density at radius 3 is 3.00 bits per heavy atom. The molecule has 0 bridgehead atoms. The van der Waals surface area contributed by atoms with E-state index in [0.29, 0.717) is 16.7 Å². The van der Waals surface area contributed by atoms with Crippen LogP contribution in [-0.4, -0.2) is 21.0 Å². The zero-order valence-corrected chi connectivity index (χ0v) is 7.11. The minimum absolute atomic E-state index is 0.0748. The molecule has 2 rings (SSSR count). The molecule has 0 aliphatic carbocycles. The third kappa shape index (κ3) is 1.27. The van der Waals surface area contributed by atoms with Crippen molar-refractivity contribution < 1.29 is 9.90 Å². The second-order valence-electron chi connectivity index (χ2n) is 2.77. The van der Waals surface area contributed by atoms with E-state index >= 15 is 0 Å². The molecule has 5 N–H and O–H groups in total. The van der Waals surface area contributed by atoms with Crippen LogP contribution in [0.25, 0.3) is 11.0 Å². The molecule has 0 fully saturated rings. The minimum Gasteiger partial charge on any atom is -0.475 e. The van der Waals surface area contributed by atoms with Gasteiger partial charge in [-0.1, -0.05) is 0 Å². The van der Waals surface area contributed by atoms with Gasteiger partial charge in [-0.25, -0.2) is 9.78 Å². The van der Waals surface area contributed by atoms with Crippen LogP contribution in [0.1, 0.15) is 10.6 Å². The molecule has 2 aromatic rings. The first kappa shape index (κ1) is 8.52. The Bertz CT molecular complexity index is 491. The molecule has 72 valence electrons. The first-order valence-corrected chi connectivity index (χ1v) is 3.90. The van der Waals surface area contributed by atoms with Crippen LogP contribution in [0.4, 0.5) is 5.69 Å². The molecule has 0 atom stereocenters. The smallest absolute Gasteiger partial charge is 0.371 e. The molecule has 6 heteroatoms. The van der Waals surface area contributed by atoms with Crippen LogP contribution in [0.2, 0.25) is 0 Å². The number of carbonyl (C=O) groups is 1. The number of rotatable bonds is 2. The van der Waals surface area contributed by atoms with E-state index in [1.165, 1.54) is 0 Å². The topological polar surface area (TPSA) is 104 Å². The summed E-state index contributed by atoms with van der Waals surface area (Å²) in [5.74, 6) is 4.05. The fraction of sp³-hybridized carbons (Fsp3) is 0. The predicted molar refractivity (Wildman–Crippen MR) is 50.9 cm³/mol. The van der Waals surface area contributed by atoms with Crippen molar-refractivity contribution in [1.29, 1.82) is 0 Å². The number of aromatic nitrogens is 2. The number of fused-ring (bicyclic) bond motifs is 1. The molecule has 14 heavy (non-hydrogen) atoms. The Kier molecular flexibility index (Phi) is 1.83. The first-order valence-electron chi connectivity index (χ1n) is 3.90. The highest BCUT2D eigenvalue weighted by Gasteiger charge is 2.08. The standard InChI is InChI=1S/C8H8N4O2/c9-12-4-1-2-5-6(3-4)11-7(10-5)8(13)14/h1-3,12H,9H2,(H,10,11)(H,13,14). The van der Waals surface area contributed by atoms with Crippen molar-refractivity contribution in [2.75, 3.05) is 5.43 Å². The quantitative estimate of drug-likeness (QED) is 0.411. The van der Waals surface area contributed by atoms with Gasteiger partial charge in [-0.05, 0) is 18.2 Å². The maximum absolute atomic E-state index is 10.6. The molecule has 0 saturated carbocycles. The van der Waals surface area contributed by atoms with Crippen LogP contribution >= 0.6 is 0 Å². The van der Waals surface area contributed by atoms with Crippen LogP contribution in [0.15, 0.2) is 18.2 Å². The van der Waals surface area contributed by atoms with E-state index in [4.69, 9.17) is 10.9 Å². The molecular weight excluding hydrogens is 184 g/mol. The van der Waals surface area contributed by atoms with Gasteiger partial charge in [0.15, 0.2) is 0 Å². The van der Waals surface area contributed by atoms with Gasteiger partial charge in [-0.2, -0.15) is 0 Å². The van der Waals surface area contributed by atoms with Crippen molar-refractivity contribution in [1.82, 2.24) is 9.97 Å². The number of carboxylic acid groups (broad SMARTS) is 1. The molecule has 0 unspecified atom stereocenters. The molecule has 6 nitrogen and oxygen atoms in total. The largest absolute Gasteiger partial charge is 0.475 e. The van der Waals surface area contributed by atoms with E-state index in [1.807, 2.05) is 0 Å². The molecule has 1 aromatic carbocycles. The lowest BCUT2D eigenvalue weighted by atomic mass is 10.3. The lowest BCUT2D eigenvalue weighted by Crippen LogP contribution is -2.05. The van der Waals surface area contributed by atoms with Crippen LogP contribution in [0.5, 0.6) is 0 Å². The number of hydrogen-bond donors (Lipinski definition) is 4. The molecule has 1 heterocycles. The number of aromatic amines is 1. The van der Waals surface area contributed by atoms with Gasteiger partial charge in [0.1, 0.15) is 0 Å². The van der Waals surface area contributed by atoms with Crippen molar-refractivity contribution in [3.8, 4) is 0 Å². The molecular formula is C8H8N4O2. The number of hydrogen-bond acceptors (Lipinski definition) is 4. The SMILES string of the molecule is NNc1ccc2[nH]c(C(=O)O)nc2c1. The molecule has 0 amide bonds. The van der Waals surface area contributed by atoms with Gasteiger partial charge in [0, 0.05) is 0 Å². The summed E-state index contributed by atoms with van der Waals surface area (Å²) < 4.78 is 0. The maximum atomic E-state index is 10.6. The van der Waals surface area contributed by atoms with E-state index in [1.54, 1.807) is 18.2 Å². The molecule has 0 aliphatic rings. The van der Waals surface area contributed by atoms with E-state index in [0.717, 1.165) is 0 Å². The summed E-state index contributed by atoms with van der Waals surface area (Å²) in [5.41, 5.74) is 4.37. The zero-order chi connectivity index (χ0) is 10.1. The highest BCUT2D eigenvalue weighted by atomic mass is 16.4. The summed E-state index contributed by atoms with van der Waals surface area (Å²) >= 11 is 0. The fourth-order valence-corrected chi connectivity index (χ4v) is 1.20. The normalized spacial score (nSPS) is 10.4. The summed E-state index contributed by atoms with van der Waals surface area (Å²) in [6.07, 6.45) is 0. The Hall–Kier alpha value is -2.08. The summed E-state index contributed by atoms with van der Waals surface area (Å²) in [7, 11) is 0. The number of H-pyrrole nitrogens is 1. The van der Waals surface area contributed by atoms with Gasteiger partial charge in [0.05, 0.1) is 16.7 Å². The third-order valence-electron chi connectivity index (χ3n) is 1.85. The average Bonchev–Trinajstić information content (AvgIpc) is 2.59. The number of benzene rings is 1. The van der Waals surface area contributed by atoms with E-state index < -0.39 is 5.97 Å². The number of nitrogens with two attached hydrogens (primary N) is 1. The average molecular weight is 192 g/mol. The number of nitrogens with one attached hydrogen (secondary N) is 2. The third-order valence-corrected chi connectivity index (χ3v) is 1.85. The van der Waals surface area contributed by atoms with Crippen molar-refractivity contribution in [3.05, 3.63) is 24.0 Å². The van der Waals surface area contributed by atoms with E-state index in [2.05, 4.69) is 15.4 Å². The molecule has 1 aromatic heterocycles. The summed E-state index contributed by atoms with van der Waals surface area (Å²) in [4.78, 5) is 17.1. The number of hydrazine groups is 1. The monoisotopic (exact) mass is 192 g/mol. The molecule has 0 aliphatic heterocycles. The first-order chi connectivity index (χ1) is 6.70. The minimum atomic E-state index is -1.08. The second kappa shape index (κ2) is 3.00. The summed E-state index contributed by atoms with van der Waals surface area (Å²) in [6, 6.07) is 5.11. The van der Waals surface area contributed by atoms with Crippen LogP contribution < -0.4 is 11.3 Å². The molecule has 0 radical (unpaired) electrons. The lowest BCUT2D eigenvalue weighted by Gasteiger charge is -1.96. The van der Waals surface area contributed by atoms with Gasteiger partial charge in [0.25, 0.3) is 0 Å². The highest BCUT2D eigenvalue weighted by Crippen LogP contribution is 2.16. The number of nitrogens with zero attached hydrogens (tertiary/aromatic N) is 1. The fourth-order valence-electron chi connectivity index (χ4n) is 1.20. The maximum Gasteiger partial charge on any atom is 0.371 e. The van der Waals surface area contributed by atoms with Crippen LogP contribution in [-0.2, 0) is 0 Å². The second-order valence-corrected chi connectivity index (χ2v) is 2.77. The number of imidazole rings is 1. The predicted octanol–water partition coefficient (Wildman–Crippen LogP) is 0.547. The van der Waals surface area contributed by atoms with Crippen molar-refractivity contribution in [2.45, 2.75) is 0 Å². The lowest BCUT2D eigenvalue weighted by molar-refractivity contribution is 0.0685. The summed E-state index contributed by atoms with van der Waals surface area (Å²) in [6.45, 7) is 0. The highest BCUT2D eigenvalue weighted by molar-refractivity contribution is 5.89. The van der Waals surface area contributed by atoms with E-state index in [9.17, 15) is 4.79 Å². The van der Waals surface area contributed by atoms with Gasteiger partial charge in [0.2, 0.25) is 5.82 Å². The Morgan fingerprint density at radius 1 is 1.57 bits per heavy atom. The Balaban J connectivity index is 2.60. The number of carboxylic acids is 1. The zero-order valence-electron chi connectivity index (χ0n) is 7.11. The van der Waals surface area contributed by atoms with Crippen molar-refractivity contribution in [3.63, 3.8) is 0 Å². The van der Waals surface area contributed by atoms with Crippen molar-refractivity contribution in [2.24, 2.45) is 5.84 Å². The van der Waals surface area contributed by atoms with Gasteiger partial charge >= 0.3 is 5.97 Å². The van der Waals surface area contributed by atoms with Crippen LogP contribution in [0.3, 0.4) is 0 Å². The van der Waals surface area contributed by atoms with Crippen LogP contribution in [0, 0.1) is 0 Å². The number of nitrogen functional groups attached to an aromatic ring is 1. The molecule has 0 spiro atoms. The van der Waals surface area contributed by atoms with Crippen molar-refractivity contribution >= 4 is 22.7 Å². The Labute approximate surface area is 78.7 Å². The molecule has 0 saturated heterocycles.